The number of benzene rings is 1. The minimum Gasteiger partial charge on any atom is -0.391 e. The molecule has 4 N–H and O–H groups in total. The third kappa shape index (κ3) is 5.22. The Labute approximate surface area is 177 Å². The molecule has 1 amide bonds. The van der Waals surface area contributed by atoms with Crippen LogP contribution < -0.4 is 11.1 Å². The number of carbonyl (C=O) groups is 1. The van der Waals surface area contributed by atoms with Crippen molar-refractivity contribution in [3.05, 3.63) is 41.0 Å². The van der Waals surface area contributed by atoms with Crippen LogP contribution in [0.25, 0.3) is 10.4 Å². The topological polar surface area (TPSA) is 91.5 Å². The summed E-state index contributed by atoms with van der Waals surface area (Å²) in [6.45, 7) is 9.62. The van der Waals surface area contributed by atoms with Gasteiger partial charge < -0.3 is 21.1 Å². The van der Waals surface area contributed by atoms with E-state index in [0.29, 0.717) is 26.1 Å². The third-order valence-electron chi connectivity index (χ3n) is 5.55. The predicted molar refractivity (Wildman–Crippen MR) is 118 cm³/mol. The first-order valence-electron chi connectivity index (χ1n) is 10.1. The lowest BCUT2D eigenvalue weighted by atomic mass is 9.86. The summed E-state index contributed by atoms with van der Waals surface area (Å²) >= 11 is 1.65. The standard InChI is InChI=1S/C22H32N4O2S/c1-14-19(29-13-25-14)16-7-5-15(6-8-16)10-24-11-17-9-18(27)12-26(17)21(28)20(23)22(2,3)4/h5-8,13,17-18,20,24,27H,9-12,23H2,1-4H3/t17?,18-,20-/m1/s1. The van der Waals surface area contributed by atoms with Gasteiger partial charge in [0.15, 0.2) is 0 Å². The van der Waals surface area contributed by atoms with Gasteiger partial charge >= 0.3 is 0 Å². The van der Waals surface area contributed by atoms with Crippen molar-refractivity contribution in [3.8, 4) is 10.4 Å². The summed E-state index contributed by atoms with van der Waals surface area (Å²) in [5, 5.41) is 13.5. The van der Waals surface area contributed by atoms with Crippen LogP contribution >= 0.6 is 11.3 Å². The van der Waals surface area contributed by atoms with Crippen LogP contribution in [-0.4, -0.2) is 52.2 Å². The van der Waals surface area contributed by atoms with Gasteiger partial charge in [-0.15, -0.1) is 11.3 Å². The summed E-state index contributed by atoms with van der Waals surface area (Å²) in [6, 6.07) is 7.86. The molecule has 6 nitrogen and oxygen atoms in total. The number of aromatic nitrogens is 1. The molecule has 0 bridgehead atoms. The normalized spacial score (nSPS) is 20.8. The van der Waals surface area contributed by atoms with Crippen LogP contribution in [0.3, 0.4) is 0 Å². The van der Waals surface area contributed by atoms with Crippen molar-refractivity contribution in [2.24, 2.45) is 11.1 Å². The number of nitrogens with two attached hydrogens (primary N) is 1. The minimum absolute atomic E-state index is 0.0370. The summed E-state index contributed by atoms with van der Waals surface area (Å²) < 4.78 is 0. The number of aryl methyl sites for hydroxylation is 1. The highest BCUT2D eigenvalue weighted by molar-refractivity contribution is 7.13. The van der Waals surface area contributed by atoms with E-state index in [4.69, 9.17) is 5.73 Å². The molecule has 29 heavy (non-hydrogen) atoms. The van der Waals surface area contributed by atoms with E-state index in [9.17, 15) is 9.90 Å². The highest BCUT2D eigenvalue weighted by Gasteiger charge is 2.39. The number of thiazole rings is 1. The van der Waals surface area contributed by atoms with E-state index >= 15 is 0 Å². The second-order valence-electron chi connectivity index (χ2n) is 8.97. The highest BCUT2D eigenvalue weighted by atomic mass is 32.1. The number of aliphatic hydroxyl groups excluding tert-OH is 1. The summed E-state index contributed by atoms with van der Waals surface area (Å²) in [5.74, 6) is -0.0786. The fourth-order valence-corrected chi connectivity index (χ4v) is 4.45. The summed E-state index contributed by atoms with van der Waals surface area (Å²) in [4.78, 5) is 20.1. The van der Waals surface area contributed by atoms with Gasteiger partial charge in [0.1, 0.15) is 0 Å². The number of hydrogen-bond acceptors (Lipinski definition) is 6. The average molecular weight is 417 g/mol. The maximum absolute atomic E-state index is 12.8. The van der Waals surface area contributed by atoms with Gasteiger partial charge in [-0.2, -0.15) is 0 Å². The van der Waals surface area contributed by atoms with Crippen LogP contribution in [0, 0.1) is 12.3 Å². The second kappa shape index (κ2) is 8.92. The van der Waals surface area contributed by atoms with Gasteiger partial charge in [-0.25, -0.2) is 4.98 Å². The number of β-amino-alcohol motifs (C(OH)–C–C–N with tert-alkyl or cyclic N) is 1. The molecule has 1 aliphatic rings. The van der Waals surface area contributed by atoms with Crippen LogP contribution in [0.5, 0.6) is 0 Å². The SMILES string of the molecule is Cc1ncsc1-c1ccc(CNCC2C[C@@H](O)CN2C(=O)[C@@H](N)C(C)(C)C)cc1. The van der Waals surface area contributed by atoms with Gasteiger partial charge in [0.2, 0.25) is 5.91 Å². The lowest BCUT2D eigenvalue weighted by Crippen LogP contribution is -2.53. The van der Waals surface area contributed by atoms with Crippen LogP contribution in [0.2, 0.25) is 0 Å². The molecule has 2 aromatic rings. The van der Waals surface area contributed by atoms with Crippen molar-refractivity contribution in [3.63, 3.8) is 0 Å². The fourth-order valence-electron chi connectivity index (χ4n) is 3.64. The lowest BCUT2D eigenvalue weighted by molar-refractivity contribution is -0.136. The van der Waals surface area contributed by atoms with Crippen molar-refractivity contribution >= 4 is 17.2 Å². The van der Waals surface area contributed by atoms with Gasteiger partial charge in [0, 0.05) is 25.7 Å². The van der Waals surface area contributed by atoms with Crippen LogP contribution in [0.15, 0.2) is 29.8 Å². The largest absolute Gasteiger partial charge is 0.391 e. The fraction of sp³-hybridized carbons (Fsp3) is 0.545. The Kier molecular flexibility index (Phi) is 6.73. The molecule has 1 aromatic carbocycles. The van der Waals surface area contributed by atoms with Crippen molar-refractivity contribution in [2.45, 2.75) is 58.8 Å². The molecule has 158 valence electrons. The Hall–Kier alpha value is -1.80. The van der Waals surface area contributed by atoms with E-state index in [1.807, 2.05) is 33.2 Å². The summed E-state index contributed by atoms with van der Waals surface area (Å²) in [6.07, 6.45) is 0.0963. The highest BCUT2D eigenvalue weighted by Crippen LogP contribution is 2.27. The minimum atomic E-state index is -0.571. The van der Waals surface area contributed by atoms with Gasteiger partial charge in [-0.3, -0.25) is 4.79 Å². The molecule has 0 aliphatic carbocycles. The Morgan fingerprint density at radius 3 is 2.66 bits per heavy atom. The van der Waals surface area contributed by atoms with Crippen LogP contribution in [0.4, 0.5) is 0 Å². The number of amides is 1. The first-order chi connectivity index (χ1) is 13.7. The van der Waals surface area contributed by atoms with Gasteiger partial charge in [-0.05, 0) is 29.9 Å². The zero-order chi connectivity index (χ0) is 21.2. The molecule has 0 saturated carbocycles. The number of likely N-dealkylation sites (tertiary alicyclic amines) is 1. The zero-order valence-corrected chi connectivity index (χ0v) is 18.5. The first-order valence-corrected chi connectivity index (χ1v) is 11.0. The number of rotatable bonds is 6. The molecule has 1 saturated heterocycles. The molecule has 3 atom stereocenters. The number of hydrogen-bond donors (Lipinski definition) is 3. The second-order valence-corrected chi connectivity index (χ2v) is 9.83. The quantitative estimate of drug-likeness (QED) is 0.673. The Balaban J connectivity index is 1.56. The van der Waals surface area contributed by atoms with E-state index in [0.717, 1.165) is 5.69 Å². The van der Waals surface area contributed by atoms with Crippen molar-refractivity contribution < 1.29 is 9.90 Å². The van der Waals surface area contributed by atoms with Gasteiger partial charge in [0.05, 0.1) is 28.2 Å². The molecule has 7 heteroatoms. The first kappa shape index (κ1) is 21.9. The number of aliphatic hydroxyl groups is 1. The molecule has 0 radical (unpaired) electrons. The zero-order valence-electron chi connectivity index (χ0n) is 17.7. The molecule has 1 fully saturated rings. The number of nitrogens with zero attached hydrogens (tertiary/aromatic N) is 2. The van der Waals surface area contributed by atoms with Crippen molar-refractivity contribution in [2.75, 3.05) is 13.1 Å². The Morgan fingerprint density at radius 2 is 2.07 bits per heavy atom. The maximum Gasteiger partial charge on any atom is 0.240 e. The Bertz CT molecular complexity index is 828. The molecule has 0 spiro atoms. The van der Waals surface area contributed by atoms with Gasteiger partial charge in [-0.1, -0.05) is 45.0 Å². The van der Waals surface area contributed by atoms with E-state index in [1.54, 1.807) is 16.2 Å². The predicted octanol–water partition coefficient (Wildman–Crippen LogP) is 2.54. The molecular weight excluding hydrogens is 384 g/mol. The maximum atomic E-state index is 12.8. The number of nitrogens with one attached hydrogen (secondary N) is 1. The van der Waals surface area contributed by atoms with E-state index in [1.165, 1.54) is 16.0 Å². The van der Waals surface area contributed by atoms with Crippen molar-refractivity contribution in [1.82, 2.24) is 15.2 Å². The number of carbonyl (C=O) groups excluding carboxylic acids is 1. The molecule has 2 heterocycles. The third-order valence-corrected chi connectivity index (χ3v) is 6.52. The molecule has 3 rings (SSSR count). The molecule has 1 unspecified atom stereocenters. The van der Waals surface area contributed by atoms with Crippen molar-refractivity contribution in [1.29, 1.82) is 0 Å². The average Bonchev–Trinajstić information content (AvgIpc) is 3.26. The van der Waals surface area contributed by atoms with E-state index in [2.05, 4.69) is 34.6 Å². The smallest absolute Gasteiger partial charge is 0.240 e. The van der Waals surface area contributed by atoms with Crippen LogP contribution in [0.1, 0.15) is 38.4 Å². The van der Waals surface area contributed by atoms with Crippen LogP contribution in [-0.2, 0) is 11.3 Å². The molecular formula is C22H32N4O2S. The van der Waals surface area contributed by atoms with Gasteiger partial charge in [0.25, 0.3) is 0 Å². The monoisotopic (exact) mass is 416 g/mol. The molecule has 1 aromatic heterocycles. The Morgan fingerprint density at radius 1 is 1.38 bits per heavy atom. The van der Waals surface area contributed by atoms with E-state index in [-0.39, 0.29) is 17.4 Å². The summed E-state index contributed by atoms with van der Waals surface area (Å²) in [5.41, 5.74) is 11.1. The van der Waals surface area contributed by atoms with E-state index < -0.39 is 12.1 Å². The molecule has 1 aliphatic heterocycles. The lowest BCUT2D eigenvalue weighted by Gasteiger charge is -2.33. The summed E-state index contributed by atoms with van der Waals surface area (Å²) in [7, 11) is 0.